The summed E-state index contributed by atoms with van der Waals surface area (Å²) >= 11 is 0. The molecule has 0 amide bonds. The summed E-state index contributed by atoms with van der Waals surface area (Å²) in [4.78, 5) is 0. The van der Waals surface area contributed by atoms with E-state index in [1.165, 1.54) is 19.3 Å². The van der Waals surface area contributed by atoms with E-state index in [1.807, 2.05) is 6.92 Å². The summed E-state index contributed by atoms with van der Waals surface area (Å²) < 4.78 is 0. The highest BCUT2D eigenvalue weighted by atomic mass is 16.3. The third kappa shape index (κ3) is 3.49. The van der Waals surface area contributed by atoms with E-state index in [4.69, 9.17) is 5.11 Å². The summed E-state index contributed by atoms with van der Waals surface area (Å²) in [5.74, 6) is 2.13. The summed E-state index contributed by atoms with van der Waals surface area (Å²) in [5, 5.41) is 19.5. The molecule has 2 aliphatic rings. The molecule has 0 aromatic rings. The summed E-state index contributed by atoms with van der Waals surface area (Å²) in [6.07, 6.45) is 11.2. The van der Waals surface area contributed by atoms with E-state index in [2.05, 4.69) is 32.9 Å². The highest BCUT2D eigenvalue weighted by molar-refractivity contribution is 5.16. The van der Waals surface area contributed by atoms with Crippen LogP contribution in [0, 0.1) is 23.2 Å². The van der Waals surface area contributed by atoms with Crippen LogP contribution in [0.5, 0.6) is 0 Å². The van der Waals surface area contributed by atoms with Crippen LogP contribution in [0.15, 0.2) is 23.3 Å². The molecular weight excluding hydrogens is 272 g/mol. The highest BCUT2D eigenvalue weighted by Gasteiger charge is 2.50. The minimum absolute atomic E-state index is 0.176. The van der Waals surface area contributed by atoms with E-state index in [9.17, 15) is 5.11 Å². The van der Waals surface area contributed by atoms with E-state index >= 15 is 0 Å². The van der Waals surface area contributed by atoms with Gasteiger partial charge in [0.2, 0.25) is 0 Å². The summed E-state index contributed by atoms with van der Waals surface area (Å²) in [6, 6.07) is 0. The molecule has 0 aliphatic heterocycles. The van der Waals surface area contributed by atoms with E-state index in [1.54, 1.807) is 0 Å². The van der Waals surface area contributed by atoms with E-state index < -0.39 is 0 Å². The second-order valence-electron chi connectivity index (χ2n) is 7.95. The van der Waals surface area contributed by atoms with Crippen LogP contribution < -0.4 is 0 Å². The molecule has 2 N–H and O–H groups in total. The Hall–Kier alpha value is -0.600. The van der Waals surface area contributed by atoms with Crippen molar-refractivity contribution < 1.29 is 10.2 Å². The van der Waals surface area contributed by atoms with Crippen LogP contribution in [0.2, 0.25) is 0 Å². The molecule has 0 bridgehead atoms. The van der Waals surface area contributed by atoms with Crippen molar-refractivity contribution in [2.45, 2.75) is 72.3 Å². The van der Waals surface area contributed by atoms with Crippen LogP contribution >= 0.6 is 0 Å². The summed E-state index contributed by atoms with van der Waals surface area (Å²) in [6.45, 7) is 9.02. The molecule has 0 heterocycles. The first-order valence-corrected chi connectivity index (χ1v) is 9.02. The Kier molecular flexibility index (Phi) is 5.90. The lowest BCUT2D eigenvalue weighted by Crippen LogP contribution is -2.40. The van der Waals surface area contributed by atoms with Gasteiger partial charge in [-0.25, -0.2) is 0 Å². The number of hydrogen-bond acceptors (Lipinski definition) is 2. The van der Waals surface area contributed by atoms with Gasteiger partial charge in [0, 0.05) is 0 Å². The predicted molar refractivity (Wildman–Crippen MR) is 92.6 cm³/mol. The third-order valence-electron chi connectivity index (χ3n) is 6.58. The Morgan fingerprint density at radius 3 is 2.82 bits per heavy atom. The van der Waals surface area contributed by atoms with Gasteiger partial charge in [-0.3, -0.25) is 0 Å². The molecule has 126 valence electrons. The molecule has 5 atom stereocenters. The monoisotopic (exact) mass is 306 g/mol. The number of aliphatic hydroxyl groups is 2. The molecule has 1 spiro atoms. The van der Waals surface area contributed by atoms with Crippen molar-refractivity contribution in [3.63, 3.8) is 0 Å². The van der Waals surface area contributed by atoms with Crippen molar-refractivity contribution >= 4 is 0 Å². The van der Waals surface area contributed by atoms with Gasteiger partial charge in [-0.15, -0.1) is 0 Å². The smallest absolute Gasteiger partial charge is 0.0753 e. The molecule has 0 radical (unpaired) electrons. The van der Waals surface area contributed by atoms with Crippen LogP contribution in [-0.4, -0.2) is 22.9 Å². The fourth-order valence-electron chi connectivity index (χ4n) is 4.88. The second kappa shape index (κ2) is 7.31. The zero-order chi connectivity index (χ0) is 16.3. The fraction of sp³-hybridized carbons (Fsp3) is 0.800. The molecule has 2 aliphatic carbocycles. The molecule has 2 heteroatoms. The maximum absolute atomic E-state index is 10.4. The maximum Gasteiger partial charge on any atom is 0.0753 e. The van der Waals surface area contributed by atoms with Gasteiger partial charge in [0.15, 0.2) is 0 Å². The Labute approximate surface area is 136 Å². The average Bonchev–Trinajstić information content (AvgIpc) is 2.80. The minimum atomic E-state index is -0.236. The zero-order valence-electron chi connectivity index (χ0n) is 14.8. The molecule has 0 aromatic carbocycles. The zero-order valence-corrected chi connectivity index (χ0v) is 14.8. The Morgan fingerprint density at radius 1 is 1.45 bits per heavy atom. The lowest BCUT2D eigenvalue weighted by atomic mass is 9.60. The van der Waals surface area contributed by atoms with Crippen molar-refractivity contribution in [3.8, 4) is 0 Å². The van der Waals surface area contributed by atoms with Gasteiger partial charge in [0.05, 0.1) is 12.7 Å². The van der Waals surface area contributed by atoms with Crippen molar-refractivity contribution in [3.05, 3.63) is 23.3 Å². The maximum atomic E-state index is 10.4. The van der Waals surface area contributed by atoms with Gasteiger partial charge in [-0.2, -0.15) is 0 Å². The molecule has 0 aromatic heterocycles. The number of aliphatic hydroxyl groups excluding tert-OH is 2. The molecule has 5 unspecified atom stereocenters. The number of rotatable bonds is 5. The third-order valence-corrected chi connectivity index (χ3v) is 6.58. The van der Waals surface area contributed by atoms with Gasteiger partial charge in [-0.05, 0) is 81.1 Å². The topological polar surface area (TPSA) is 40.5 Å². The van der Waals surface area contributed by atoms with Crippen molar-refractivity contribution in [1.29, 1.82) is 0 Å². The molecular formula is C20H34O2. The van der Waals surface area contributed by atoms with Crippen LogP contribution in [0.4, 0.5) is 0 Å². The van der Waals surface area contributed by atoms with Gasteiger partial charge in [0.25, 0.3) is 0 Å². The van der Waals surface area contributed by atoms with E-state index in [0.717, 1.165) is 36.3 Å². The largest absolute Gasteiger partial charge is 0.392 e. The summed E-state index contributed by atoms with van der Waals surface area (Å²) in [5.41, 5.74) is 2.56. The normalized spacial score (nSPS) is 37.5. The standard InChI is InChI=1S/C20H34O2/c1-14(13-21)6-5-7-15(2)18-9-8-17(4)20(18)11-10-16(3)19(22)12-20/h6,10,15,17-19,21-22H,5,7-9,11-13H2,1-4H3. The predicted octanol–water partition coefficient (Wildman–Crippen LogP) is 4.47. The van der Waals surface area contributed by atoms with Crippen molar-refractivity contribution in [2.24, 2.45) is 23.2 Å². The lowest BCUT2D eigenvalue weighted by Gasteiger charge is -2.45. The SMILES string of the molecule is CC(=CCCC(C)C1CCC(C)C12CC=C(C)C(O)C2)CO. The van der Waals surface area contributed by atoms with Crippen LogP contribution in [0.1, 0.15) is 66.2 Å². The van der Waals surface area contributed by atoms with Gasteiger partial charge in [-0.1, -0.05) is 31.6 Å². The molecule has 0 saturated heterocycles. The quantitative estimate of drug-likeness (QED) is 0.735. The van der Waals surface area contributed by atoms with Crippen molar-refractivity contribution in [2.75, 3.05) is 6.61 Å². The van der Waals surface area contributed by atoms with Crippen LogP contribution in [0.25, 0.3) is 0 Å². The van der Waals surface area contributed by atoms with Gasteiger partial charge in [0.1, 0.15) is 0 Å². The first-order chi connectivity index (χ1) is 10.4. The number of allylic oxidation sites excluding steroid dienone is 2. The highest BCUT2D eigenvalue weighted by Crippen LogP contribution is 2.58. The Morgan fingerprint density at radius 2 is 2.18 bits per heavy atom. The first-order valence-electron chi connectivity index (χ1n) is 9.02. The minimum Gasteiger partial charge on any atom is -0.392 e. The second-order valence-corrected chi connectivity index (χ2v) is 7.95. The fourth-order valence-corrected chi connectivity index (χ4v) is 4.88. The van der Waals surface area contributed by atoms with Crippen LogP contribution in [0.3, 0.4) is 0 Å². The van der Waals surface area contributed by atoms with Crippen molar-refractivity contribution in [1.82, 2.24) is 0 Å². The molecule has 2 nitrogen and oxygen atoms in total. The molecule has 2 rings (SSSR count). The van der Waals surface area contributed by atoms with Gasteiger partial charge >= 0.3 is 0 Å². The number of hydrogen-bond donors (Lipinski definition) is 2. The van der Waals surface area contributed by atoms with E-state index in [-0.39, 0.29) is 12.7 Å². The average molecular weight is 306 g/mol. The first kappa shape index (κ1) is 17.7. The van der Waals surface area contributed by atoms with Gasteiger partial charge < -0.3 is 10.2 Å². The molecule has 1 saturated carbocycles. The van der Waals surface area contributed by atoms with Crippen LogP contribution in [-0.2, 0) is 0 Å². The Bertz CT molecular complexity index is 437. The summed E-state index contributed by atoms with van der Waals surface area (Å²) in [7, 11) is 0. The lowest BCUT2D eigenvalue weighted by molar-refractivity contribution is 0.0280. The molecule has 1 fully saturated rings. The Balaban J connectivity index is 2.06. The van der Waals surface area contributed by atoms with E-state index in [0.29, 0.717) is 17.3 Å². The molecule has 22 heavy (non-hydrogen) atoms.